The Labute approximate surface area is 109 Å². The SMILES string of the molecule is CCCc1cc(NC(=O)c2ccc(O)cc2F)n[nH]1. The number of hydrogen-bond acceptors (Lipinski definition) is 3. The number of amides is 1. The Morgan fingerprint density at radius 1 is 1.47 bits per heavy atom. The number of anilines is 1. The van der Waals surface area contributed by atoms with Crippen LogP contribution in [0.1, 0.15) is 29.4 Å². The van der Waals surface area contributed by atoms with Crippen molar-refractivity contribution in [3.05, 3.63) is 41.3 Å². The number of carbonyl (C=O) groups excluding carboxylic acids is 1. The Morgan fingerprint density at radius 2 is 2.26 bits per heavy atom. The van der Waals surface area contributed by atoms with Crippen LogP contribution in [0.25, 0.3) is 0 Å². The van der Waals surface area contributed by atoms with E-state index in [9.17, 15) is 9.18 Å². The number of hydrogen-bond donors (Lipinski definition) is 3. The van der Waals surface area contributed by atoms with Gasteiger partial charge in [0.05, 0.1) is 5.56 Å². The Hall–Kier alpha value is -2.37. The molecule has 0 unspecified atom stereocenters. The van der Waals surface area contributed by atoms with E-state index >= 15 is 0 Å². The lowest BCUT2D eigenvalue weighted by Crippen LogP contribution is -2.13. The van der Waals surface area contributed by atoms with E-state index < -0.39 is 11.7 Å². The number of rotatable bonds is 4. The van der Waals surface area contributed by atoms with E-state index in [4.69, 9.17) is 5.11 Å². The lowest BCUT2D eigenvalue weighted by molar-refractivity contribution is 0.102. The van der Waals surface area contributed by atoms with E-state index in [1.54, 1.807) is 6.07 Å². The molecule has 2 aromatic rings. The second-order valence-electron chi connectivity index (χ2n) is 4.15. The van der Waals surface area contributed by atoms with Crippen molar-refractivity contribution in [1.29, 1.82) is 0 Å². The first-order valence-corrected chi connectivity index (χ1v) is 5.94. The number of phenols is 1. The molecule has 3 N–H and O–H groups in total. The van der Waals surface area contributed by atoms with Gasteiger partial charge in [-0.05, 0) is 18.6 Å². The van der Waals surface area contributed by atoms with Gasteiger partial charge in [0, 0.05) is 17.8 Å². The van der Waals surface area contributed by atoms with Gasteiger partial charge in [0.25, 0.3) is 5.91 Å². The molecule has 1 aromatic carbocycles. The van der Waals surface area contributed by atoms with Crippen LogP contribution in [0.3, 0.4) is 0 Å². The number of phenolic OH excluding ortho intramolecular Hbond substituents is 1. The van der Waals surface area contributed by atoms with Crippen molar-refractivity contribution in [3.8, 4) is 5.75 Å². The van der Waals surface area contributed by atoms with Crippen molar-refractivity contribution in [2.75, 3.05) is 5.32 Å². The van der Waals surface area contributed by atoms with E-state index in [0.717, 1.165) is 24.6 Å². The van der Waals surface area contributed by atoms with Gasteiger partial charge in [-0.15, -0.1) is 0 Å². The molecule has 0 aliphatic heterocycles. The van der Waals surface area contributed by atoms with Crippen LogP contribution in [0.15, 0.2) is 24.3 Å². The van der Waals surface area contributed by atoms with E-state index in [-0.39, 0.29) is 11.3 Å². The maximum absolute atomic E-state index is 13.5. The fourth-order valence-corrected chi connectivity index (χ4v) is 1.69. The summed E-state index contributed by atoms with van der Waals surface area (Å²) >= 11 is 0. The summed E-state index contributed by atoms with van der Waals surface area (Å²) in [5.41, 5.74) is 0.766. The molecular weight excluding hydrogens is 249 g/mol. The Kier molecular flexibility index (Phi) is 3.79. The van der Waals surface area contributed by atoms with Crippen LogP contribution < -0.4 is 5.32 Å². The fraction of sp³-hybridized carbons (Fsp3) is 0.231. The molecule has 0 aliphatic rings. The number of carbonyl (C=O) groups is 1. The third kappa shape index (κ3) is 3.09. The van der Waals surface area contributed by atoms with Crippen molar-refractivity contribution in [2.24, 2.45) is 0 Å². The molecule has 1 heterocycles. The zero-order valence-electron chi connectivity index (χ0n) is 10.4. The van der Waals surface area contributed by atoms with Crippen molar-refractivity contribution >= 4 is 11.7 Å². The van der Waals surface area contributed by atoms with Gasteiger partial charge in [-0.3, -0.25) is 9.89 Å². The summed E-state index contributed by atoms with van der Waals surface area (Å²) in [5.74, 6) is -1.26. The molecule has 5 nitrogen and oxygen atoms in total. The normalized spacial score (nSPS) is 10.4. The van der Waals surface area contributed by atoms with Crippen LogP contribution in [0.4, 0.5) is 10.2 Å². The minimum Gasteiger partial charge on any atom is -0.508 e. The molecule has 0 aliphatic carbocycles. The molecule has 0 atom stereocenters. The minimum atomic E-state index is -0.776. The van der Waals surface area contributed by atoms with Crippen LogP contribution in [-0.4, -0.2) is 21.2 Å². The number of nitrogens with one attached hydrogen (secondary N) is 2. The van der Waals surface area contributed by atoms with Gasteiger partial charge in [0.1, 0.15) is 11.6 Å². The van der Waals surface area contributed by atoms with Crippen molar-refractivity contribution in [3.63, 3.8) is 0 Å². The highest BCUT2D eigenvalue weighted by atomic mass is 19.1. The van der Waals surface area contributed by atoms with Gasteiger partial charge in [0.2, 0.25) is 0 Å². The zero-order valence-corrected chi connectivity index (χ0v) is 10.4. The molecule has 0 bridgehead atoms. The van der Waals surface area contributed by atoms with Crippen LogP contribution in [0, 0.1) is 5.82 Å². The largest absolute Gasteiger partial charge is 0.508 e. The summed E-state index contributed by atoms with van der Waals surface area (Å²) in [6.07, 6.45) is 1.79. The molecule has 0 spiro atoms. The molecule has 1 amide bonds. The third-order valence-corrected chi connectivity index (χ3v) is 2.59. The molecule has 1 aromatic heterocycles. The van der Waals surface area contributed by atoms with Crippen molar-refractivity contribution in [2.45, 2.75) is 19.8 Å². The van der Waals surface area contributed by atoms with Gasteiger partial charge < -0.3 is 10.4 Å². The molecular formula is C13H14FN3O2. The number of halogens is 1. The number of aromatic nitrogens is 2. The summed E-state index contributed by atoms with van der Waals surface area (Å²) < 4.78 is 13.5. The smallest absolute Gasteiger partial charge is 0.259 e. The molecule has 0 radical (unpaired) electrons. The van der Waals surface area contributed by atoms with Gasteiger partial charge in [-0.2, -0.15) is 5.10 Å². The number of nitrogens with zero attached hydrogens (tertiary/aromatic N) is 1. The minimum absolute atomic E-state index is 0.141. The number of aromatic hydroxyl groups is 1. The van der Waals surface area contributed by atoms with Crippen LogP contribution in [0.2, 0.25) is 0 Å². The number of H-pyrrole nitrogens is 1. The van der Waals surface area contributed by atoms with E-state index in [0.29, 0.717) is 5.82 Å². The molecule has 0 saturated heterocycles. The van der Waals surface area contributed by atoms with Gasteiger partial charge in [-0.25, -0.2) is 4.39 Å². The summed E-state index contributed by atoms with van der Waals surface area (Å²) in [6.45, 7) is 2.03. The average molecular weight is 263 g/mol. The molecule has 0 fully saturated rings. The summed E-state index contributed by atoms with van der Waals surface area (Å²) in [6, 6.07) is 5.08. The van der Waals surface area contributed by atoms with E-state index in [1.807, 2.05) is 6.92 Å². The summed E-state index contributed by atoms with van der Waals surface area (Å²) in [4.78, 5) is 11.8. The maximum atomic E-state index is 13.5. The van der Waals surface area contributed by atoms with E-state index in [2.05, 4.69) is 15.5 Å². The Balaban J connectivity index is 2.11. The number of benzene rings is 1. The zero-order chi connectivity index (χ0) is 13.8. The summed E-state index contributed by atoms with van der Waals surface area (Å²) in [7, 11) is 0. The highest BCUT2D eigenvalue weighted by molar-refractivity contribution is 6.04. The van der Waals surface area contributed by atoms with Crippen molar-refractivity contribution < 1.29 is 14.3 Å². The Bertz CT molecular complexity index is 595. The first kappa shape index (κ1) is 13.1. The first-order valence-electron chi connectivity index (χ1n) is 5.94. The standard InChI is InChI=1S/C13H14FN3O2/c1-2-3-8-6-12(17-16-8)15-13(19)10-5-4-9(18)7-11(10)14/h4-7,18H,2-3H2,1H3,(H2,15,16,17,19). The predicted molar refractivity (Wildman–Crippen MR) is 68.6 cm³/mol. The second kappa shape index (κ2) is 5.51. The Morgan fingerprint density at radius 3 is 2.95 bits per heavy atom. The van der Waals surface area contributed by atoms with Gasteiger partial charge in [0.15, 0.2) is 5.82 Å². The molecule has 2 rings (SSSR count). The average Bonchev–Trinajstić information content (AvgIpc) is 2.76. The molecule has 100 valence electrons. The molecule has 6 heteroatoms. The topological polar surface area (TPSA) is 78.0 Å². The highest BCUT2D eigenvalue weighted by Gasteiger charge is 2.13. The third-order valence-electron chi connectivity index (χ3n) is 2.59. The number of aromatic amines is 1. The predicted octanol–water partition coefficient (Wildman–Crippen LogP) is 2.46. The van der Waals surface area contributed by atoms with Crippen molar-refractivity contribution in [1.82, 2.24) is 10.2 Å². The summed E-state index contributed by atoms with van der Waals surface area (Å²) in [5, 5.41) is 18.3. The quantitative estimate of drug-likeness (QED) is 0.792. The number of aryl methyl sites for hydroxylation is 1. The first-order chi connectivity index (χ1) is 9.10. The molecule has 19 heavy (non-hydrogen) atoms. The van der Waals surface area contributed by atoms with Gasteiger partial charge >= 0.3 is 0 Å². The highest BCUT2D eigenvalue weighted by Crippen LogP contribution is 2.16. The lowest BCUT2D eigenvalue weighted by atomic mass is 10.2. The van der Waals surface area contributed by atoms with Gasteiger partial charge in [-0.1, -0.05) is 13.3 Å². The molecule has 0 saturated carbocycles. The second-order valence-corrected chi connectivity index (χ2v) is 4.15. The monoisotopic (exact) mass is 263 g/mol. The lowest BCUT2D eigenvalue weighted by Gasteiger charge is -2.03. The van der Waals surface area contributed by atoms with Crippen LogP contribution in [-0.2, 0) is 6.42 Å². The fourth-order valence-electron chi connectivity index (χ4n) is 1.69. The van der Waals surface area contributed by atoms with Crippen LogP contribution >= 0.6 is 0 Å². The maximum Gasteiger partial charge on any atom is 0.259 e. The van der Waals surface area contributed by atoms with E-state index in [1.165, 1.54) is 12.1 Å². The van der Waals surface area contributed by atoms with Crippen LogP contribution in [0.5, 0.6) is 5.75 Å².